The van der Waals surface area contributed by atoms with E-state index in [2.05, 4.69) is 62.9 Å². The summed E-state index contributed by atoms with van der Waals surface area (Å²) in [6, 6.07) is 13.1. The predicted molar refractivity (Wildman–Crippen MR) is 119 cm³/mol. The average molecular weight is 401 g/mol. The number of methoxy groups -OCH3 is 1. The van der Waals surface area contributed by atoms with Gasteiger partial charge in [0.1, 0.15) is 5.75 Å². The third-order valence-electron chi connectivity index (χ3n) is 5.36. The maximum absolute atomic E-state index is 5.45. The molecule has 1 N–H and O–H groups in total. The minimum atomic E-state index is 0.319. The topological polar surface area (TPSA) is 40.1 Å². The lowest BCUT2D eigenvalue weighted by Crippen LogP contribution is -2.44. The zero-order chi connectivity index (χ0) is 19.8. The lowest BCUT2D eigenvalue weighted by molar-refractivity contribution is 0.243. The second-order valence-corrected chi connectivity index (χ2v) is 8.25. The molecule has 1 aromatic carbocycles. The number of hydrogen-bond donors (Lipinski definition) is 1. The summed E-state index contributed by atoms with van der Waals surface area (Å²) in [6.07, 6.45) is 3.59. The van der Waals surface area contributed by atoms with Gasteiger partial charge in [0.15, 0.2) is 5.96 Å². The Morgan fingerprint density at radius 2 is 2.11 bits per heavy atom. The lowest BCUT2D eigenvalue weighted by atomic mass is 10.1. The van der Waals surface area contributed by atoms with Gasteiger partial charge in [-0.05, 0) is 61.5 Å². The number of thiophene rings is 1. The molecule has 1 fully saturated rings. The Morgan fingerprint density at radius 3 is 2.79 bits per heavy atom. The van der Waals surface area contributed by atoms with Crippen molar-refractivity contribution in [1.29, 1.82) is 0 Å². The molecule has 1 atom stereocenters. The van der Waals surface area contributed by atoms with Crippen molar-refractivity contribution in [2.75, 3.05) is 47.4 Å². The Balaban J connectivity index is 1.64. The maximum Gasteiger partial charge on any atom is 0.193 e. The molecule has 152 valence electrons. The molecular formula is C22H32N4OS. The van der Waals surface area contributed by atoms with Crippen molar-refractivity contribution in [2.24, 2.45) is 4.99 Å². The maximum atomic E-state index is 5.45. The molecule has 3 rings (SSSR count). The molecule has 0 spiro atoms. The largest absolute Gasteiger partial charge is 0.497 e. The fraction of sp³-hybridized carbons (Fsp3) is 0.500. The van der Waals surface area contributed by atoms with E-state index >= 15 is 0 Å². The van der Waals surface area contributed by atoms with Crippen LogP contribution < -0.4 is 10.1 Å². The van der Waals surface area contributed by atoms with Gasteiger partial charge in [0.25, 0.3) is 0 Å². The summed E-state index contributed by atoms with van der Waals surface area (Å²) in [5.74, 6) is 1.86. The van der Waals surface area contributed by atoms with Gasteiger partial charge in [0, 0.05) is 32.1 Å². The van der Waals surface area contributed by atoms with Crippen LogP contribution in [0.4, 0.5) is 0 Å². The molecular weight excluding hydrogens is 368 g/mol. The van der Waals surface area contributed by atoms with Crippen molar-refractivity contribution in [1.82, 2.24) is 15.1 Å². The molecule has 6 heteroatoms. The first-order valence-electron chi connectivity index (χ1n) is 10.0. The highest BCUT2D eigenvalue weighted by molar-refractivity contribution is 7.09. The molecule has 2 heterocycles. The molecule has 1 aliphatic heterocycles. The molecule has 1 aromatic heterocycles. The smallest absolute Gasteiger partial charge is 0.193 e. The van der Waals surface area contributed by atoms with Gasteiger partial charge in [-0.2, -0.15) is 0 Å². The molecule has 0 amide bonds. The van der Waals surface area contributed by atoms with Crippen LogP contribution in [0.3, 0.4) is 0 Å². The summed E-state index contributed by atoms with van der Waals surface area (Å²) in [5.41, 5.74) is 1.30. The second kappa shape index (κ2) is 10.5. The van der Waals surface area contributed by atoms with Gasteiger partial charge in [-0.3, -0.25) is 9.89 Å². The second-order valence-electron chi connectivity index (χ2n) is 7.21. The van der Waals surface area contributed by atoms with Crippen LogP contribution in [0, 0.1) is 0 Å². The van der Waals surface area contributed by atoms with Gasteiger partial charge in [-0.25, -0.2) is 0 Å². The number of aliphatic imine (C=N–C) groups is 1. The van der Waals surface area contributed by atoms with E-state index in [1.54, 1.807) is 7.11 Å². The summed E-state index contributed by atoms with van der Waals surface area (Å²) in [4.78, 5) is 10.7. The van der Waals surface area contributed by atoms with Crippen LogP contribution in [-0.2, 0) is 6.42 Å². The van der Waals surface area contributed by atoms with E-state index in [4.69, 9.17) is 4.74 Å². The van der Waals surface area contributed by atoms with Crippen LogP contribution in [0.5, 0.6) is 5.75 Å². The predicted octanol–water partition coefficient (Wildman–Crippen LogP) is 3.64. The summed E-state index contributed by atoms with van der Waals surface area (Å²) in [7, 11) is 5.70. The number of benzene rings is 1. The van der Waals surface area contributed by atoms with Crippen molar-refractivity contribution in [3.8, 4) is 5.75 Å². The van der Waals surface area contributed by atoms with Crippen molar-refractivity contribution in [2.45, 2.75) is 25.3 Å². The van der Waals surface area contributed by atoms with Crippen LogP contribution in [0.1, 0.15) is 29.3 Å². The number of rotatable bonds is 8. The molecule has 0 saturated carbocycles. The molecule has 0 aliphatic carbocycles. The fourth-order valence-corrected chi connectivity index (χ4v) is 4.47. The minimum Gasteiger partial charge on any atom is -0.497 e. The van der Waals surface area contributed by atoms with Crippen molar-refractivity contribution in [3.05, 3.63) is 52.2 Å². The lowest BCUT2D eigenvalue weighted by Gasteiger charge is -2.30. The SMILES string of the molecule is CN=C(NCC(c1cccc(OC)c1)N1CCCC1)N(C)CCc1cccs1. The molecule has 2 aromatic rings. The van der Waals surface area contributed by atoms with E-state index < -0.39 is 0 Å². The number of nitrogens with zero attached hydrogens (tertiary/aromatic N) is 3. The first-order chi connectivity index (χ1) is 13.7. The van der Waals surface area contributed by atoms with Crippen LogP contribution in [-0.4, -0.2) is 63.1 Å². The Kier molecular flexibility index (Phi) is 7.74. The quantitative estimate of drug-likeness (QED) is 0.542. The number of likely N-dealkylation sites (N-methyl/N-ethyl adjacent to an activating group) is 1. The Bertz CT molecular complexity index is 741. The highest BCUT2D eigenvalue weighted by Crippen LogP contribution is 2.27. The molecule has 0 radical (unpaired) electrons. The van der Waals surface area contributed by atoms with Gasteiger partial charge in [0.05, 0.1) is 13.2 Å². The summed E-state index contributed by atoms with van der Waals surface area (Å²) in [5, 5.41) is 5.75. The third-order valence-corrected chi connectivity index (χ3v) is 6.30. The fourth-order valence-electron chi connectivity index (χ4n) is 3.77. The van der Waals surface area contributed by atoms with Crippen LogP contribution in [0.25, 0.3) is 0 Å². The molecule has 28 heavy (non-hydrogen) atoms. The Labute approximate surface area is 173 Å². The average Bonchev–Trinajstić information content (AvgIpc) is 3.44. The number of ether oxygens (including phenoxy) is 1. The number of likely N-dealkylation sites (tertiary alicyclic amines) is 1. The normalized spacial score (nSPS) is 16.2. The molecule has 1 unspecified atom stereocenters. The molecule has 0 bridgehead atoms. The molecule has 1 aliphatic rings. The number of nitrogens with one attached hydrogen (secondary N) is 1. The zero-order valence-corrected chi connectivity index (χ0v) is 18.0. The van der Waals surface area contributed by atoms with Gasteiger partial charge in [-0.15, -0.1) is 11.3 Å². The van der Waals surface area contributed by atoms with Gasteiger partial charge in [-0.1, -0.05) is 18.2 Å². The van der Waals surface area contributed by atoms with E-state index in [0.717, 1.165) is 44.3 Å². The molecule has 5 nitrogen and oxygen atoms in total. The first kappa shape index (κ1) is 20.7. The van der Waals surface area contributed by atoms with Crippen molar-refractivity contribution >= 4 is 17.3 Å². The minimum absolute atomic E-state index is 0.319. The van der Waals surface area contributed by atoms with Crippen LogP contribution >= 0.6 is 11.3 Å². The Hall–Kier alpha value is -2.05. The van der Waals surface area contributed by atoms with Gasteiger partial charge < -0.3 is 15.0 Å². The van der Waals surface area contributed by atoms with E-state index in [-0.39, 0.29) is 0 Å². The van der Waals surface area contributed by atoms with E-state index in [0.29, 0.717) is 6.04 Å². The van der Waals surface area contributed by atoms with Gasteiger partial charge in [0.2, 0.25) is 0 Å². The Morgan fingerprint density at radius 1 is 1.29 bits per heavy atom. The summed E-state index contributed by atoms with van der Waals surface area (Å²) in [6.45, 7) is 4.09. The first-order valence-corrected chi connectivity index (χ1v) is 10.9. The standard InChI is InChI=1S/C22H32N4OS/c1-23-22(25(2)14-11-20-10-7-15-28-20)24-17-21(26-12-4-5-13-26)18-8-6-9-19(16-18)27-3/h6-10,15-16,21H,4-5,11-14,17H2,1-3H3,(H,23,24). The van der Waals surface area contributed by atoms with Gasteiger partial charge >= 0.3 is 0 Å². The van der Waals surface area contributed by atoms with Crippen LogP contribution in [0.2, 0.25) is 0 Å². The number of hydrogen-bond acceptors (Lipinski definition) is 4. The monoisotopic (exact) mass is 400 g/mol. The third kappa shape index (κ3) is 5.49. The highest BCUT2D eigenvalue weighted by Gasteiger charge is 2.24. The van der Waals surface area contributed by atoms with E-state index in [1.165, 1.54) is 23.3 Å². The van der Waals surface area contributed by atoms with Crippen LogP contribution in [0.15, 0.2) is 46.8 Å². The highest BCUT2D eigenvalue weighted by atomic mass is 32.1. The zero-order valence-electron chi connectivity index (χ0n) is 17.2. The number of guanidine groups is 1. The summed E-state index contributed by atoms with van der Waals surface area (Å²) < 4.78 is 5.45. The summed E-state index contributed by atoms with van der Waals surface area (Å²) >= 11 is 1.81. The van der Waals surface area contributed by atoms with E-state index in [1.807, 2.05) is 24.5 Å². The molecule has 1 saturated heterocycles. The van der Waals surface area contributed by atoms with Crippen molar-refractivity contribution < 1.29 is 4.74 Å². The van der Waals surface area contributed by atoms with Crippen molar-refractivity contribution in [3.63, 3.8) is 0 Å². The van der Waals surface area contributed by atoms with E-state index in [9.17, 15) is 0 Å².